The highest BCUT2D eigenvalue weighted by Gasteiger charge is 2.22. The van der Waals surface area contributed by atoms with Crippen LogP contribution in [0.3, 0.4) is 0 Å². The summed E-state index contributed by atoms with van der Waals surface area (Å²) in [7, 11) is 0. The van der Waals surface area contributed by atoms with Crippen molar-refractivity contribution in [3.8, 4) is 0 Å². The van der Waals surface area contributed by atoms with E-state index in [-0.39, 0.29) is 0 Å². The molecule has 1 unspecified atom stereocenters. The minimum absolute atomic E-state index is 0.304. The van der Waals surface area contributed by atoms with Gasteiger partial charge in [0.05, 0.1) is 6.54 Å². The normalized spacial score (nSPS) is 27.3. The van der Waals surface area contributed by atoms with Crippen LogP contribution in [0.2, 0.25) is 0 Å². The molecular formula is C13H24N2O. The van der Waals surface area contributed by atoms with Crippen molar-refractivity contribution in [2.24, 2.45) is 5.92 Å². The van der Waals surface area contributed by atoms with Gasteiger partial charge in [-0.25, -0.2) is 0 Å². The molecule has 1 aliphatic carbocycles. The molecule has 1 amide bonds. The van der Waals surface area contributed by atoms with Gasteiger partial charge in [-0.2, -0.15) is 0 Å². The van der Waals surface area contributed by atoms with E-state index in [1.807, 2.05) is 4.90 Å². The molecule has 0 aromatic rings. The topological polar surface area (TPSA) is 32.3 Å². The van der Waals surface area contributed by atoms with Crippen LogP contribution >= 0.6 is 0 Å². The summed E-state index contributed by atoms with van der Waals surface area (Å²) < 4.78 is 0. The number of piperidine rings is 1. The first kappa shape index (κ1) is 11.9. The number of amides is 1. The van der Waals surface area contributed by atoms with Crippen LogP contribution in [0.15, 0.2) is 0 Å². The molecule has 0 spiro atoms. The SMILES string of the molecule is CC1CCCN(C(=O)CNC2CCCC2)C1. The molecule has 1 heterocycles. The Labute approximate surface area is 98.6 Å². The lowest BCUT2D eigenvalue weighted by Gasteiger charge is -2.31. The minimum Gasteiger partial charge on any atom is -0.341 e. The lowest BCUT2D eigenvalue weighted by Crippen LogP contribution is -2.45. The van der Waals surface area contributed by atoms with E-state index in [1.165, 1.54) is 38.5 Å². The van der Waals surface area contributed by atoms with Crippen LogP contribution in [0.5, 0.6) is 0 Å². The molecule has 92 valence electrons. The number of carbonyl (C=O) groups excluding carboxylic acids is 1. The van der Waals surface area contributed by atoms with Crippen molar-refractivity contribution >= 4 is 5.91 Å². The van der Waals surface area contributed by atoms with Crippen molar-refractivity contribution in [2.45, 2.75) is 51.5 Å². The molecule has 2 fully saturated rings. The molecule has 0 aromatic heterocycles. The first-order valence-corrected chi connectivity index (χ1v) is 6.77. The fourth-order valence-corrected chi connectivity index (χ4v) is 2.89. The highest BCUT2D eigenvalue weighted by atomic mass is 16.2. The van der Waals surface area contributed by atoms with Gasteiger partial charge >= 0.3 is 0 Å². The van der Waals surface area contributed by atoms with Gasteiger partial charge in [-0.15, -0.1) is 0 Å². The molecule has 16 heavy (non-hydrogen) atoms. The Bertz CT molecular complexity index is 236. The zero-order chi connectivity index (χ0) is 11.4. The molecule has 1 atom stereocenters. The van der Waals surface area contributed by atoms with E-state index in [9.17, 15) is 4.79 Å². The second-order valence-electron chi connectivity index (χ2n) is 5.45. The number of rotatable bonds is 3. The maximum atomic E-state index is 12.0. The van der Waals surface area contributed by atoms with Gasteiger partial charge in [0.1, 0.15) is 0 Å². The van der Waals surface area contributed by atoms with E-state index in [2.05, 4.69) is 12.2 Å². The second kappa shape index (κ2) is 5.67. The van der Waals surface area contributed by atoms with Crippen LogP contribution in [0, 0.1) is 5.92 Å². The summed E-state index contributed by atoms with van der Waals surface area (Å²) in [6.45, 7) is 4.72. The third-order valence-corrected chi connectivity index (χ3v) is 3.91. The van der Waals surface area contributed by atoms with Crippen molar-refractivity contribution in [1.82, 2.24) is 10.2 Å². The maximum Gasteiger partial charge on any atom is 0.236 e. The van der Waals surface area contributed by atoms with Crippen molar-refractivity contribution < 1.29 is 4.79 Å². The van der Waals surface area contributed by atoms with E-state index in [0.717, 1.165) is 13.1 Å². The summed E-state index contributed by atoms with van der Waals surface area (Å²) in [4.78, 5) is 14.0. The molecule has 1 saturated heterocycles. The van der Waals surface area contributed by atoms with Gasteiger partial charge < -0.3 is 10.2 Å². The fourth-order valence-electron chi connectivity index (χ4n) is 2.89. The van der Waals surface area contributed by atoms with E-state index in [4.69, 9.17) is 0 Å². The Balaban J connectivity index is 1.70. The number of carbonyl (C=O) groups is 1. The third-order valence-electron chi connectivity index (χ3n) is 3.91. The monoisotopic (exact) mass is 224 g/mol. The Morgan fingerprint density at radius 1 is 1.25 bits per heavy atom. The molecule has 3 nitrogen and oxygen atoms in total. The molecule has 2 rings (SSSR count). The summed E-state index contributed by atoms with van der Waals surface area (Å²) >= 11 is 0. The Kier molecular flexibility index (Phi) is 4.22. The molecule has 1 N–H and O–H groups in total. The molecule has 3 heteroatoms. The van der Waals surface area contributed by atoms with Gasteiger partial charge in [-0.3, -0.25) is 4.79 Å². The quantitative estimate of drug-likeness (QED) is 0.792. The van der Waals surface area contributed by atoms with Crippen molar-refractivity contribution in [2.75, 3.05) is 19.6 Å². The van der Waals surface area contributed by atoms with Crippen molar-refractivity contribution in [3.05, 3.63) is 0 Å². The van der Waals surface area contributed by atoms with Gasteiger partial charge in [0.2, 0.25) is 5.91 Å². The zero-order valence-electron chi connectivity index (χ0n) is 10.4. The first-order valence-electron chi connectivity index (χ1n) is 6.77. The first-order chi connectivity index (χ1) is 7.75. The smallest absolute Gasteiger partial charge is 0.236 e. The second-order valence-corrected chi connectivity index (χ2v) is 5.45. The lowest BCUT2D eigenvalue weighted by molar-refractivity contribution is -0.132. The molecule has 0 bridgehead atoms. The highest BCUT2D eigenvalue weighted by Crippen LogP contribution is 2.18. The van der Waals surface area contributed by atoms with Crippen LogP contribution in [-0.4, -0.2) is 36.5 Å². The van der Waals surface area contributed by atoms with Gasteiger partial charge in [-0.1, -0.05) is 19.8 Å². The summed E-state index contributed by atoms with van der Waals surface area (Å²) in [5.41, 5.74) is 0. The maximum absolute atomic E-state index is 12.0. The molecule has 1 aliphatic heterocycles. The average Bonchev–Trinajstić information content (AvgIpc) is 2.78. The van der Waals surface area contributed by atoms with E-state index < -0.39 is 0 Å². The number of likely N-dealkylation sites (tertiary alicyclic amines) is 1. The van der Waals surface area contributed by atoms with Crippen molar-refractivity contribution in [1.29, 1.82) is 0 Å². The lowest BCUT2D eigenvalue weighted by atomic mass is 10.0. The van der Waals surface area contributed by atoms with Gasteiger partial charge in [0, 0.05) is 19.1 Å². The van der Waals surface area contributed by atoms with Crippen molar-refractivity contribution in [3.63, 3.8) is 0 Å². The van der Waals surface area contributed by atoms with E-state index in [0.29, 0.717) is 24.4 Å². The van der Waals surface area contributed by atoms with Gasteiger partial charge in [0.25, 0.3) is 0 Å². The van der Waals surface area contributed by atoms with Gasteiger partial charge in [0.15, 0.2) is 0 Å². The predicted octanol–water partition coefficient (Wildman–Crippen LogP) is 1.78. The van der Waals surface area contributed by atoms with Crippen LogP contribution in [0.25, 0.3) is 0 Å². The van der Waals surface area contributed by atoms with E-state index in [1.54, 1.807) is 0 Å². The van der Waals surface area contributed by atoms with Crippen LogP contribution < -0.4 is 5.32 Å². The van der Waals surface area contributed by atoms with Crippen LogP contribution in [-0.2, 0) is 4.79 Å². The summed E-state index contributed by atoms with van der Waals surface area (Å²) in [5, 5.41) is 3.40. The molecule has 0 radical (unpaired) electrons. The van der Waals surface area contributed by atoms with Crippen LogP contribution in [0.1, 0.15) is 45.4 Å². The molecule has 0 aromatic carbocycles. The predicted molar refractivity (Wildman–Crippen MR) is 65.2 cm³/mol. The molecule has 1 saturated carbocycles. The Morgan fingerprint density at radius 3 is 2.69 bits per heavy atom. The van der Waals surface area contributed by atoms with Crippen LogP contribution in [0.4, 0.5) is 0 Å². The Hall–Kier alpha value is -0.570. The highest BCUT2D eigenvalue weighted by molar-refractivity contribution is 5.78. The third kappa shape index (κ3) is 3.21. The van der Waals surface area contributed by atoms with E-state index >= 15 is 0 Å². The average molecular weight is 224 g/mol. The minimum atomic E-state index is 0.304. The number of nitrogens with zero attached hydrogens (tertiary/aromatic N) is 1. The fraction of sp³-hybridized carbons (Fsp3) is 0.923. The summed E-state index contributed by atoms with van der Waals surface area (Å²) in [5.74, 6) is 0.989. The standard InChI is InChI=1S/C13H24N2O/c1-11-5-4-8-15(10-11)13(16)9-14-12-6-2-3-7-12/h11-12,14H,2-10H2,1H3. The largest absolute Gasteiger partial charge is 0.341 e. The summed E-state index contributed by atoms with van der Waals surface area (Å²) in [6.07, 6.45) is 7.61. The molecule has 2 aliphatic rings. The molecular weight excluding hydrogens is 200 g/mol. The number of hydrogen-bond donors (Lipinski definition) is 1. The number of hydrogen-bond acceptors (Lipinski definition) is 2. The summed E-state index contributed by atoms with van der Waals surface area (Å²) in [6, 6.07) is 0.603. The van der Waals surface area contributed by atoms with Gasteiger partial charge in [-0.05, 0) is 31.6 Å². The Morgan fingerprint density at radius 2 is 2.00 bits per heavy atom. The number of nitrogens with one attached hydrogen (secondary N) is 1. The zero-order valence-corrected chi connectivity index (χ0v) is 10.4.